The van der Waals surface area contributed by atoms with E-state index < -0.39 is 0 Å². The zero-order valence-corrected chi connectivity index (χ0v) is 14.8. The summed E-state index contributed by atoms with van der Waals surface area (Å²) >= 11 is 0. The van der Waals surface area contributed by atoms with E-state index in [1.165, 1.54) is 17.5 Å². The average molecular weight is 325 g/mol. The zero-order valence-electron chi connectivity index (χ0n) is 14.8. The van der Waals surface area contributed by atoms with E-state index in [2.05, 4.69) is 58.8 Å². The number of aromatic nitrogens is 2. The molecule has 1 saturated heterocycles. The Hall–Kier alpha value is -1.98. The Kier molecular flexibility index (Phi) is 5.43. The standard InChI is InChI=1S/C19H27N5/c1-14-6-4-7-15(10-14)12-24(3)13-16-11-18(20-2)23-19(22-16)17-8-5-9-21-17/h4,6-7,10-11,17,21H,5,8-9,12-13H2,1-3H3,(H,20,22,23)/t17-/m1/s1. The van der Waals surface area contributed by atoms with E-state index in [1.54, 1.807) is 0 Å². The highest BCUT2D eigenvalue weighted by molar-refractivity contribution is 5.35. The van der Waals surface area contributed by atoms with Gasteiger partial charge in [0.1, 0.15) is 11.6 Å². The van der Waals surface area contributed by atoms with Gasteiger partial charge in [0.2, 0.25) is 0 Å². The molecule has 1 aliphatic rings. The predicted molar refractivity (Wildman–Crippen MR) is 97.9 cm³/mol. The molecule has 1 aromatic carbocycles. The highest BCUT2D eigenvalue weighted by Crippen LogP contribution is 2.22. The number of hydrogen-bond acceptors (Lipinski definition) is 5. The zero-order chi connectivity index (χ0) is 16.9. The molecule has 0 radical (unpaired) electrons. The first-order valence-corrected chi connectivity index (χ1v) is 8.67. The van der Waals surface area contributed by atoms with Gasteiger partial charge in [-0.25, -0.2) is 9.97 Å². The summed E-state index contributed by atoms with van der Waals surface area (Å²) in [7, 11) is 4.05. The minimum atomic E-state index is 0.291. The first kappa shape index (κ1) is 16.9. The Morgan fingerprint density at radius 2 is 2.12 bits per heavy atom. The van der Waals surface area contributed by atoms with Crippen LogP contribution < -0.4 is 10.6 Å². The Bertz CT molecular complexity index is 679. The van der Waals surface area contributed by atoms with Crippen LogP contribution in [0.5, 0.6) is 0 Å². The number of anilines is 1. The fraction of sp³-hybridized carbons (Fsp3) is 0.474. The van der Waals surface area contributed by atoms with Crippen LogP contribution in [0, 0.1) is 6.92 Å². The van der Waals surface area contributed by atoms with Gasteiger partial charge in [-0.3, -0.25) is 4.90 Å². The minimum Gasteiger partial charge on any atom is -0.373 e. The third-order valence-electron chi connectivity index (χ3n) is 4.39. The van der Waals surface area contributed by atoms with Crippen molar-refractivity contribution in [3.63, 3.8) is 0 Å². The van der Waals surface area contributed by atoms with E-state index in [-0.39, 0.29) is 0 Å². The molecule has 0 amide bonds. The number of aryl methyl sites for hydroxylation is 1. The lowest BCUT2D eigenvalue weighted by molar-refractivity contribution is 0.314. The van der Waals surface area contributed by atoms with Gasteiger partial charge in [-0.1, -0.05) is 29.8 Å². The summed E-state index contributed by atoms with van der Waals surface area (Å²) in [5.41, 5.74) is 3.70. The molecule has 2 heterocycles. The van der Waals surface area contributed by atoms with Crippen LogP contribution in [0.2, 0.25) is 0 Å². The number of benzene rings is 1. The van der Waals surface area contributed by atoms with Crippen LogP contribution in [0.25, 0.3) is 0 Å². The molecule has 0 spiro atoms. The van der Waals surface area contributed by atoms with Crippen LogP contribution in [-0.2, 0) is 13.1 Å². The summed E-state index contributed by atoms with van der Waals surface area (Å²) in [5.74, 6) is 1.81. The van der Waals surface area contributed by atoms with Crippen molar-refractivity contribution in [2.75, 3.05) is 26.0 Å². The van der Waals surface area contributed by atoms with Crippen molar-refractivity contribution in [2.45, 2.75) is 38.9 Å². The fourth-order valence-corrected chi connectivity index (χ4v) is 3.24. The van der Waals surface area contributed by atoms with Crippen molar-refractivity contribution in [3.8, 4) is 0 Å². The van der Waals surface area contributed by atoms with Crippen LogP contribution in [-0.4, -0.2) is 35.5 Å². The van der Waals surface area contributed by atoms with Crippen molar-refractivity contribution in [3.05, 3.63) is 53.0 Å². The summed E-state index contributed by atoms with van der Waals surface area (Å²) in [5, 5.41) is 6.65. The monoisotopic (exact) mass is 325 g/mol. The van der Waals surface area contributed by atoms with E-state index in [0.717, 1.165) is 43.4 Å². The Labute approximate surface area is 144 Å². The van der Waals surface area contributed by atoms with Gasteiger partial charge >= 0.3 is 0 Å². The molecular formula is C19H27N5. The largest absolute Gasteiger partial charge is 0.373 e. The molecule has 5 heteroatoms. The molecule has 128 valence electrons. The normalized spacial score (nSPS) is 17.4. The molecule has 5 nitrogen and oxygen atoms in total. The Morgan fingerprint density at radius 1 is 1.25 bits per heavy atom. The van der Waals surface area contributed by atoms with Gasteiger partial charge in [0.15, 0.2) is 0 Å². The predicted octanol–water partition coefficient (Wildman–Crippen LogP) is 2.88. The van der Waals surface area contributed by atoms with Gasteiger partial charge in [-0.15, -0.1) is 0 Å². The SMILES string of the molecule is CNc1cc(CN(C)Cc2cccc(C)c2)nc([C@H]2CCCN2)n1. The summed E-state index contributed by atoms with van der Waals surface area (Å²) in [4.78, 5) is 11.7. The Morgan fingerprint density at radius 3 is 2.83 bits per heavy atom. The highest BCUT2D eigenvalue weighted by Gasteiger charge is 2.20. The molecule has 24 heavy (non-hydrogen) atoms. The maximum atomic E-state index is 4.81. The van der Waals surface area contributed by atoms with Gasteiger partial charge in [-0.2, -0.15) is 0 Å². The first-order valence-electron chi connectivity index (χ1n) is 8.67. The molecule has 1 atom stereocenters. The van der Waals surface area contributed by atoms with Crippen molar-refractivity contribution in [1.82, 2.24) is 20.2 Å². The number of hydrogen-bond donors (Lipinski definition) is 2. The van der Waals surface area contributed by atoms with E-state index in [9.17, 15) is 0 Å². The summed E-state index contributed by atoms with van der Waals surface area (Å²) < 4.78 is 0. The van der Waals surface area contributed by atoms with Crippen LogP contribution in [0.4, 0.5) is 5.82 Å². The number of nitrogens with zero attached hydrogens (tertiary/aromatic N) is 3. The van der Waals surface area contributed by atoms with Crippen molar-refractivity contribution in [1.29, 1.82) is 0 Å². The molecular weight excluding hydrogens is 298 g/mol. The van der Waals surface area contributed by atoms with Crippen molar-refractivity contribution in [2.24, 2.45) is 0 Å². The van der Waals surface area contributed by atoms with Gasteiger partial charge in [0, 0.05) is 26.2 Å². The van der Waals surface area contributed by atoms with Crippen LogP contribution in [0.1, 0.15) is 41.5 Å². The van der Waals surface area contributed by atoms with E-state index >= 15 is 0 Å². The highest BCUT2D eigenvalue weighted by atomic mass is 15.1. The first-order chi connectivity index (χ1) is 11.6. The van der Waals surface area contributed by atoms with E-state index in [4.69, 9.17) is 4.98 Å². The maximum absolute atomic E-state index is 4.81. The topological polar surface area (TPSA) is 53.1 Å². The molecule has 0 bridgehead atoms. The Balaban J connectivity index is 1.72. The van der Waals surface area contributed by atoms with Crippen molar-refractivity contribution >= 4 is 5.82 Å². The maximum Gasteiger partial charge on any atom is 0.147 e. The molecule has 1 aliphatic heterocycles. The molecule has 0 aliphatic carbocycles. The second-order valence-corrected chi connectivity index (χ2v) is 6.66. The molecule has 1 fully saturated rings. The van der Waals surface area contributed by atoms with Crippen LogP contribution >= 0.6 is 0 Å². The summed E-state index contributed by atoms with van der Waals surface area (Å²) in [6.45, 7) is 4.91. The molecule has 2 aromatic rings. The third kappa shape index (κ3) is 4.30. The lowest BCUT2D eigenvalue weighted by Gasteiger charge is -2.18. The second kappa shape index (κ2) is 7.73. The van der Waals surface area contributed by atoms with Crippen LogP contribution in [0.3, 0.4) is 0 Å². The third-order valence-corrected chi connectivity index (χ3v) is 4.39. The minimum absolute atomic E-state index is 0.291. The van der Waals surface area contributed by atoms with E-state index in [1.807, 2.05) is 13.1 Å². The van der Waals surface area contributed by atoms with Gasteiger partial charge in [0.25, 0.3) is 0 Å². The van der Waals surface area contributed by atoms with E-state index in [0.29, 0.717) is 6.04 Å². The van der Waals surface area contributed by atoms with Crippen LogP contribution in [0.15, 0.2) is 30.3 Å². The molecule has 2 N–H and O–H groups in total. The second-order valence-electron chi connectivity index (χ2n) is 6.66. The number of nitrogens with one attached hydrogen (secondary N) is 2. The summed E-state index contributed by atoms with van der Waals surface area (Å²) in [6.07, 6.45) is 2.31. The summed E-state index contributed by atoms with van der Waals surface area (Å²) in [6, 6.07) is 11.0. The molecule has 1 aromatic heterocycles. The van der Waals surface area contributed by atoms with Gasteiger partial charge in [0.05, 0.1) is 11.7 Å². The molecule has 0 unspecified atom stereocenters. The number of rotatable bonds is 6. The lowest BCUT2D eigenvalue weighted by Crippen LogP contribution is -2.21. The quantitative estimate of drug-likeness (QED) is 0.855. The van der Waals surface area contributed by atoms with Gasteiger partial charge in [-0.05, 0) is 38.9 Å². The fourth-order valence-electron chi connectivity index (χ4n) is 3.24. The van der Waals surface area contributed by atoms with Gasteiger partial charge < -0.3 is 10.6 Å². The molecule has 3 rings (SSSR count). The lowest BCUT2D eigenvalue weighted by atomic mass is 10.1. The smallest absolute Gasteiger partial charge is 0.147 e. The van der Waals surface area contributed by atoms with Crippen molar-refractivity contribution < 1.29 is 0 Å². The average Bonchev–Trinajstić information content (AvgIpc) is 3.09. The molecule has 0 saturated carbocycles.